The Labute approximate surface area is 112 Å². The van der Waals surface area contributed by atoms with Gasteiger partial charge in [0, 0.05) is 32.0 Å². The highest BCUT2D eigenvalue weighted by Gasteiger charge is 2.33. The van der Waals surface area contributed by atoms with Gasteiger partial charge in [0.2, 0.25) is 21.8 Å². The molecule has 2 aliphatic rings. The molecule has 1 unspecified atom stereocenters. The second-order valence-electron chi connectivity index (χ2n) is 5.26. The summed E-state index contributed by atoms with van der Waals surface area (Å²) < 4.78 is 22.0. The number of rotatable bonds is 4. The molecule has 2 amide bonds. The van der Waals surface area contributed by atoms with E-state index in [-0.39, 0.29) is 36.5 Å². The van der Waals surface area contributed by atoms with Crippen LogP contribution in [0.15, 0.2) is 0 Å². The summed E-state index contributed by atoms with van der Waals surface area (Å²) in [4.78, 5) is 26.9. The molecule has 2 heterocycles. The van der Waals surface area contributed by atoms with Crippen molar-refractivity contribution in [1.29, 1.82) is 0 Å². The number of sulfonamides is 1. The number of primary sulfonamides is 1. The summed E-state index contributed by atoms with van der Waals surface area (Å²) in [5, 5.41) is 4.97. The van der Waals surface area contributed by atoms with E-state index in [0.717, 1.165) is 25.9 Å². The number of hydrogen-bond acceptors (Lipinski definition) is 4. The summed E-state index contributed by atoms with van der Waals surface area (Å²) >= 11 is 0. The molecule has 8 heteroatoms. The zero-order valence-electron chi connectivity index (χ0n) is 10.7. The van der Waals surface area contributed by atoms with E-state index in [1.54, 1.807) is 4.90 Å². The van der Waals surface area contributed by atoms with E-state index >= 15 is 0 Å². The molecule has 0 saturated carbocycles. The highest BCUT2D eigenvalue weighted by Crippen LogP contribution is 2.19. The third-order valence-electron chi connectivity index (χ3n) is 3.55. The predicted molar refractivity (Wildman–Crippen MR) is 68.5 cm³/mol. The average Bonchev–Trinajstić information content (AvgIpc) is 2.87. The number of hydrogen-bond donors (Lipinski definition) is 1. The largest absolute Gasteiger partial charge is 0.341 e. The molecule has 7 nitrogen and oxygen atoms in total. The van der Waals surface area contributed by atoms with Gasteiger partial charge >= 0.3 is 0 Å². The zero-order chi connectivity index (χ0) is 14.0. The molecule has 2 aliphatic heterocycles. The van der Waals surface area contributed by atoms with Crippen LogP contribution in [0.4, 0.5) is 0 Å². The molecular formula is C11H19N3O4S. The van der Waals surface area contributed by atoms with Gasteiger partial charge in [0.05, 0.1) is 12.3 Å². The highest BCUT2D eigenvalue weighted by molar-refractivity contribution is 7.89. The summed E-state index contributed by atoms with van der Waals surface area (Å²) in [6.45, 7) is 1.86. The number of likely N-dealkylation sites (tertiary alicyclic amines) is 2. The van der Waals surface area contributed by atoms with Gasteiger partial charge in [-0.15, -0.1) is 0 Å². The smallest absolute Gasteiger partial charge is 0.242 e. The molecule has 2 rings (SSSR count). The Hall–Kier alpha value is -1.15. The zero-order valence-corrected chi connectivity index (χ0v) is 11.6. The lowest BCUT2D eigenvalue weighted by Gasteiger charge is -2.21. The minimum Gasteiger partial charge on any atom is -0.341 e. The van der Waals surface area contributed by atoms with E-state index in [2.05, 4.69) is 0 Å². The first-order valence-corrected chi connectivity index (χ1v) is 8.13. The molecule has 0 spiro atoms. The summed E-state index contributed by atoms with van der Waals surface area (Å²) in [5.41, 5.74) is 0. The first-order valence-electron chi connectivity index (χ1n) is 6.41. The Kier molecular flexibility index (Phi) is 4.10. The Morgan fingerprint density at radius 3 is 2.53 bits per heavy atom. The summed E-state index contributed by atoms with van der Waals surface area (Å²) in [7, 11) is -3.57. The predicted octanol–water partition coefficient (Wildman–Crippen LogP) is -1.25. The number of carbonyl (C=O) groups excluding carboxylic acids is 2. The van der Waals surface area contributed by atoms with E-state index in [1.807, 2.05) is 0 Å². The van der Waals surface area contributed by atoms with Crippen LogP contribution in [0, 0.1) is 5.92 Å². The third kappa shape index (κ3) is 3.90. The lowest BCUT2D eigenvalue weighted by molar-refractivity contribution is -0.137. The second kappa shape index (κ2) is 5.46. The van der Waals surface area contributed by atoms with Crippen LogP contribution in [0.25, 0.3) is 0 Å². The van der Waals surface area contributed by atoms with Gasteiger partial charge in [0.1, 0.15) is 0 Å². The van der Waals surface area contributed by atoms with Crippen molar-refractivity contribution in [3.8, 4) is 0 Å². The molecule has 0 aromatic heterocycles. The molecule has 19 heavy (non-hydrogen) atoms. The first kappa shape index (κ1) is 14.3. The topological polar surface area (TPSA) is 101 Å². The fourth-order valence-electron chi connectivity index (χ4n) is 2.68. The van der Waals surface area contributed by atoms with Crippen molar-refractivity contribution in [2.24, 2.45) is 11.1 Å². The van der Waals surface area contributed by atoms with Gasteiger partial charge in [-0.3, -0.25) is 9.59 Å². The summed E-state index contributed by atoms with van der Waals surface area (Å²) in [6, 6.07) is 0. The molecule has 0 radical (unpaired) electrons. The normalized spacial score (nSPS) is 24.3. The number of amides is 2. The van der Waals surface area contributed by atoms with E-state index in [0.29, 0.717) is 6.54 Å². The molecule has 2 fully saturated rings. The Bertz CT molecular complexity index is 470. The van der Waals surface area contributed by atoms with Crippen molar-refractivity contribution in [2.45, 2.75) is 19.3 Å². The molecule has 0 bridgehead atoms. The minimum atomic E-state index is -3.57. The molecule has 108 valence electrons. The fraction of sp³-hybridized carbons (Fsp3) is 0.818. The van der Waals surface area contributed by atoms with Crippen LogP contribution >= 0.6 is 0 Å². The Morgan fingerprint density at radius 1 is 1.32 bits per heavy atom. The van der Waals surface area contributed by atoms with Crippen LogP contribution in [0.5, 0.6) is 0 Å². The van der Waals surface area contributed by atoms with Gasteiger partial charge in [-0.1, -0.05) is 0 Å². The lowest BCUT2D eigenvalue weighted by atomic mass is 10.1. The van der Waals surface area contributed by atoms with Crippen LogP contribution in [0.3, 0.4) is 0 Å². The summed E-state index contributed by atoms with van der Waals surface area (Å²) in [5.74, 6) is -0.718. The molecule has 0 aromatic rings. The van der Waals surface area contributed by atoms with Crippen LogP contribution in [-0.4, -0.2) is 62.0 Å². The molecule has 2 N–H and O–H groups in total. The van der Waals surface area contributed by atoms with E-state index in [9.17, 15) is 18.0 Å². The van der Waals surface area contributed by atoms with Crippen LogP contribution in [0.2, 0.25) is 0 Å². The maximum atomic E-state index is 11.9. The number of nitrogens with two attached hydrogens (primary N) is 1. The molecule has 2 saturated heterocycles. The third-order valence-corrected chi connectivity index (χ3v) is 4.48. The van der Waals surface area contributed by atoms with E-state index in [1.165, 1.54) is 4.90 Å². The molecule has 0 aliphatic carbocycles. The Morgan fingerprint density at radius 2 is 1.95 bits per heavy atom. The van der Waals surface area contributed by atoms with Gasteiger partial charge in [0.15, 0.2) is 0 Å². The lowest BCUT2D eigenvalue weighted by Crippen LogP contribution is -2.39. The van der Waals surface area contributed by atoms with Crippen molar-refractivity contribution in [3.63, 3.8) is 0 Å². The molecule has 0 aromatic carbocycles. The van der Waals surface area contributed by atoms with Gasteiger partial charge < -0.3 is 9.80 Å². The Balaban J connectivity index is 1.87. The van der Waals surface area contributed by atoms with Crippen molar-refractivity contribution in [3.05, 3.63) is 0 Å². The van der Waals surface area contributed by atoms with Gasteiger partial charge in [0.25, 0.3) is 0 Å². The average molecular weight is 289 g/mol. The van der Waals surface area contributed by atoms with Gasteiger partial charge in [-0.25, -0.2) is 13.6 Å². The van der Waals surface area contributed by atoms with Gasteiger partial charge in [-0.2, -0.15) is 0 Å². The van der Waals surface area contributed by atoms with Crippen LogP contribution in [-0.2, 0) is 19.6 Å². The van der Waals surface area contributed by atoms with Crippen molar-refractivity contribution < 1.29 is 18.0 Å². The van der Waals surface area contributed by atoms with E-state index < -0.39 is 10.0 Å². The highest BCUT2D eigenvalue weighted by atomic mass is 32.2. The molecular weight excluding hydrogens is 270 g/mol. The second-order valence-corrected chi connectivity index (χ2v) is 6.92. The summed E-state index contributed by atoms with van der Waals surface area (Å²) in [6.07, 6.45) is 2.17. The van der Waals surface area contributed by atoms with Gasteiger partial charge in [-0.05, 0) is 12.8 Å². The number of nitrogens with zero attached hydrogens (tertiary/aromatic N) is 2. The van der Waals surface area contributed by atoms with E-state index in [4.69, 9.17) is 5.14 Å². The van der Waals surface area contributed by atoms with Crippen molar-refractivity contribution >= 4 is 21.8 Å². The maximum Gasteiger partial charge on any atom is 0.242 e. The first-order chi connectivity index (χ1) is 8.85. The maximum absolute atomic E-state index is 11.9. The van der Waals surface area contributed by atoms with Crippen molar-refractivity contribution in [1.82, 2.24) is 9.80 Å². The standard InChI is InChI=1S/C11H19N3O4S/c12-19(17,18)8-9-5-10(15)14(6-9)7-11(16)13-3-1-2-4-13/h9H,1-8H2,(H2,12,17,18). The quantitative estimate of drug-likeness (QED) is 0.698. The number of carbonyl (C=O) groups is 2. The van der Waals surface area contributed by atoms with Crippen LogP contribution < -0.4 is 5.14 Å². The SMILES string of the molecule is NS(=O)(=O)CC1CC(=O)N(CC(=O)N2CCCC2)C1. The fourth-order valence-corrected chi connectivity index (χ4v) is 3.56. The monoisotopic (exact) mass is 289 g/mol. The van der Waals surface area contributed by atoms with Crippen LogP contribution in [0.1, 0.15) is 19.3 Å². The molecule has 1 atom stereocenters. The minimum absolute atomic E-state index is 0.0536. The van der Waals surface area contributed by atoms with Crippen molar-refractivity contribution in [2.75, 3.05) is 31.9 Å².